The Hall–Kier alpha value is -1.18. The number of fused-ring (bicyclic) bond motifs is 1. The molecular weight excluding hydrogens is 340 g/mol. The summed E-state index contributed by atoms with van der Waals surface area (Å²) in [4.78, 5) is 24.1. The van der Waals surface area contributed by atoms with Crippen LogP contribution in [0.2, 0.25) is 0 Å². The van der Waals surface area contributed by atoms with E-state index in [1.165, 1.54) is 0 Å². The van der Waals surface area contributed by atoms with Crippen molar-refractivity contribution >= 4 is 11.9 Å². The average molecular weight is 372 g/mol. The number of hydrogen-bond donors (Lipinski definition) is 3. The van der Waals surface area contributed by atoms with Crippen LogP contribution in [0, 0.1) is 11.8 Å². The third-order valence-corrected chi connectivity index (χ3v) is 5.52. The fraction of sp³-hybridized carbons (Fsp3) is 0.895. The van der Waals surface area contributed by atoms with Gasteiger partial charge in [-0.2, -0.15) is 0 Å². The van der Waals surface area contributed by atoms with Gasteiger partial charge in [-0.15, -0.1) is 0 Å². The number of unbranched alkanes of at least 4 members (excludes halogenated alkanes) is 4. The van der Waals surface area contributed by atoms with Crippen molar-refractivity contribution in [3.63, 3.8) is 0 Å². The highest BCUT2D eigenvalue weighted by Crippen LogP contribution is 2.50. The number of carbonyl (C=O) groups is 2. The van der Waals surface area contributed by atoms with Crippen molar-refractivity contribution < 1.29 is 34.4 Å². The molecule has 0 bridgehead atoms. The van der Waals surface area contributed by atoms with Gasteiger partial charge in [-0.3, -0.25) is 9.59 Å². The largest absolute Gasteiger partial charge is 0.458 e. The predicted octanol–water partition coefficient (Wildman–Crippen LogP) is 1.31. The number of esters is 2. The molecule has 0 saturated heterocycles. The van der Waals surface area contributed by atoms with E-state index >= 15 is 0 Å². The van der Waals surface area contributed by atoms with E-state index in [2.05, 4.69) is 0 Å². The normalized spacial score (nSPS) is 35.5. The van der Waals surface area contributed by atoms with Gasteiger partial charge in [0, 0.05) is 24.7 Å². The molecule has 0 radical (unpaired) electrons. The lowest BCUT2D eigenvalue weighted by atomic mass is 9.68. The topological polar surface area (TPSA) is 113 Å². The zero-order chi connectivity index (χ0) is 19.3. The summed E-state index contributed by atoms with van der Waals surface area (Å²) in [5.41, 5.74) is 0. The first kappa shape index (κ1) is 21.1. The third kappa shape index (κ3) is 4.56. The Kier molecular flexibility index (Phi) is 7.85. The highest BCUT2D eigenvalue weighted by molar-refractivity contribution is 5.71. The monoisotopic (exact) mass is 372 g/mol. The molecule has 150 valence electrons. The van der Waals surface area contributed by atoms with Gasteiger partial charge in [-0.05, 0) is 12.8 Å². The van der Waals surface area contributed by atoms with Crippen molar-refractivity contribution in [1.29, 1.82) is 0 Å². The number of rotatable bonds is 10. The summed E-state index contributed by atoms with van der Waals surface area (Å²) in [6.45, 7) is 4.07. The van der Waals surface area contributed by atoms with Gasteiger partial charge in [0.25, 0.3) is 0 Å². The molecule has 2 aliphatic rings. The Morgan fingerprint density at radius 1 is 0.692 bits per heavy atom. The number of ether oxygens (including phenoxy) is 2. The van der Waals surface area contributed by atoms with Crippen molar-refractivity contribution in [1.82, 2.24) is 0 Å². The maximum absolute atomic E-state index is 12.1. The van der Waals surface area contributed by atoms with Crippen LogP contribution in [0.4, 0.5) is 0 Å². The lowest BCUT2D eigenvalue weighted by Crippen LogP contribution is -2.61. The van der Waals surface area contributed by atoms with Gasteiger partial charge >= 0.3 is 11.9 Å². The van der Waals surface area contributed by atoms with Crippen LogP contribution in [0.15, 0.2) is 0 Å². The van der Waals surface area contributed by atoms with Gasteiger partial charge in [-0.25, -0.2) is 0 Å². The fourth-order valence-corrected chi connectivity index (χ4v) is 3.98. The molecule has 0 amide bonds. The van der Waals surface area contributed by atoms with E-state index in [4.69, 9.17) is 9.47 Å². The molecule has 7 atom stereocenters. The highest BCUT2D eigenvalue weighted by Gasteiger charge is 2.67. The third-order valence-electron chi connectivity index (χ3n) is 5.52. The quantitative estimate of drug-likeness (QED) is 0.391. The Morgan fingerprint density at radius 2 is 1.08 bits per heavy atom. The van der Waals surface area contributed by atoms with Crippen LogP contribution in [-0.2, 0) is 19.1 Å². The molecule has 0 aromatic heterocycles. The van der Waals surface area contributed by atoms with Gasteiger partial charge < -0.3 is 24.8 Å². The Balaban J connectivity index is 1.97. The van der Waals surface area contributed by atoms with Crippen LogP contribution in [0.1, 0.15) is 65.2 Å². The standard InChI is InChI=1S/C19H32O7/c1-3-5-7-9-11(20)25-18-13-14(16(23)17(24)15(13)22)19(18)26-12(21)10-8-6-4-2/h13-19,22-24H,3-10H2,1-2H3/t13?,14?,15?,16?,17?,18-,19?/m0/s1. The van der Waals surface area contributed by atoms with Gasteiger partial charge in [0.05, 0.1) is 12.2 Å². The summed E-state index contributed by atoms with van der Waals surface area (Å²) in [6, 6.07) is 0. The van der Waals surface area contributed by atoms with Crippen molar-refractivity contribution in [2.45, 2.75) is 95.7 Å². The Morgan fingerprint density at radius 3 is 1.42 bits per heavy atom. The second-order valence-electron chi connectivity index (χ2n) is 7.45. The fourth-order valence-electron chi connectivity index (χ4n) is 3.98. The number of aliphatic hydroxyl groups excluding tert-OH is 3. The van der Waals surface area contributed by atoms with Crippen molar-refractivity contribution in [2.24, 2.45) is 11.8 Å². The summed E-state index contributed by atoms with van der Waals surface area (Å²) >= 11 is 0. The molecule has 2 rings (SSSR count). The number of hydrogen-bond acceptors (Lipinski definition) is 7. The molecule has 0 aromatic rings. The number of carbonyl (C=O) groups excluding carboxylic acids is 2. The summed E-state index contributed by atoms with van der Waals surface area (Å²) in [5, 5.41) is 30.2. The molecule has 26 heavy (non-hydrogen) atoms. The van der Waals surface area contributed by atoms with E-state index in [9.17, 15) is 24.9 Å². The van der Waals surface area contributed by atoms with Crippen LogP contribution in [0.5, 0.6) is 0 Å². The first-order valence-corrected chi connectivity index (χ1v) is 9.85. The van der Waals surface area contributed by atoms with Crippen molar-refractivity contribution in [3.05, 3.63) is 0 Å². The molecule has 0 heterocycles. The van der Waals surface area contributed by atoms with E-state index < -0.39 is 54.3 Å². The maximum atomic E-state index is 12.1. The summed E-state index contributed by atoms with van der Waals surface area (Å²) in [5.74, 6) is -2.03. The molecule has 2 saturated carbocycles. The van der Waals surface area contributed by atoms with Crippen LogP contribution >= 0.6 is 0 Å². The molecular formula is C19H32O7. The first-order chi connectivity index (χ1) is 12.4. The smallest absolute Gasteiger partial charge is 0.306 e. The van der Waals surface area contributed by atoms with Gasteiger partial charge in [0.1, 0.15) is 18.3 Å². The second-order valence-corrected chi connectivity index (χ2v) is 7.45. The molecule has 2 aliphatic carbocycles. The van der Waals surface area contributed by atoms with Crippen molar-refractivity contribution in [3.8, 4) is 0 Å². The molecule has 7 nitrogen and oxygen atoms in total. The Bertz CT molecular complexity index is 439. The van der Waals surface area contributed by atoms with E-state index in [1.54, 1.807) is 0 Å². The van der Waals surface area contributed by atoms with Gasteiger partial charge in [-0.1, -0.05) is 39.5 Å². The molecule has 0 aliphatic heterocycles. The van der Waals surface area contributed by atoms with E-state index in [1.807, 2.05) is 13.8 Å². The lowest BCUT2D eigenvalue weighted by Gasteiger charge is -2.47. The molecule has 6 unspecified atom stereocenters. The van der Waals surface area contributed by atoms with E-state index in [0.29, 0.717) is 12.8 Å². The molecule has 0 aromatic carbocycles. The minimum Gasteiger partial charge on any atom is -0.458 e. The summed E-state index contributed by atoms with van der Waals surface area (Å²) in [6.07, 6.45) is 0.414. The van der Waals surface area contributed by atoms with E-state index in [0.717, 1.165) is 25.7 Å². The van der Waals surface area contributed by atoms with Gasteiger partial charge in [0.2, 0.25) is 0 Å². The van der Waals surface area contributed by atoms with Crippen LogP contribution in [-0.4, -0.2) is 57.8 Å². The molecule has 2 fully saturated rings. The molecule has 0 spiro atoms. The van der Waals surface area contributed by atoms with E-state index in [-0.39, 0.29) is 12.8 Å². The summed E-state index contributed by atoms with van der Waals surface area (Å²) < 4.78 is 10.9. The lowest BCUT2D eigenvalue weighted by molar-refractivity contribution is -0.223. The Labute approximate surface area is 154 Å². The van der Waals surface area contributed by atoms with Crippen LogP contribution < -0.4 is 0 Å². The van der Waals surface area contributed by atoms with Crippen LogP contribution in [0.25, 0.3) is 0 Å². The molecule has 3 N–H and O–H groups in total. The zero-order valence-electron chi connectivity index (χ0n) is 15.7. The molecule has 7 heteroatoms. The SMILES string of the molecule is CCCCCC(=O)OC1C2C(O)C(O)C(O)C2[C@@H]1OC(=O)CCCCC. The minimum atomic E-state index is -1.32. The average Bonchev–Trinajstić information content (AvgIpc) is 2.79. The zero-order valence-corrected chi connectivity index (χ0v) is 15.7. The predicted molar refractivity (Wildman–Crippen MR) is 93.0 cm³/mol. The highest BCUT2D eigenvalue weighted by atomic mass is 16.6. The maximum Gasteiger partial charge on any atom is 0.306 e. The van der Waals surface area contributed by atoms with Crippen molar-refractivity contribution in [2.75, 3.05) is 0 Å². The first-order valence-electron chi connectivity index (χ1n) is 9.85. The minimum absolute atomic E-state index is 0.264. The van der Waals surface area contributed by atoms with Gasteiger partial charge in [0.15, 0.2) is 0 Å². The summed E-state index contributed by atoms with van der Waals surface area (Å²) in [7, 11) is 0. The number of aliphatic hydroxyl groups is 3. The van der Waals surface area contributed by atoms with Crippen LogP contribution in [0.3, 0.4) is 0 Å². The second kappa shape index (κ2) is 9.67.